The third kappa shape index (κ3) is 4.99. The van der Waals surface area contributed by atoms with Crippen molar-refractivity contribution in [2.75, 3.05) is 38.3 Å². The molecule has 160 valence electrons. The zero-order valence-electron chi connectivity index (χ0n) is 17.6. The van der Waals surface area contributed by atoms with Crippen LogP contribution in [0.1, 0.15) is 47.6 Å². The van der Waals surface area contributed by atoms with Crippen molar-refractivity contribution in [1.29, 1.82) is 0 Å². The maximum Gasteiger partial charge on any atom is 0.251 e. The monoisotopic (exact) mass is 409 g/mol. The fourth-order valence-electron chi connectivity index (χ4n) is 4.48. The van der Waals surface area contributed by atoms with Gasteiger partial charge in [-0.15, -0.1) is 0 Å². The van der Waals surface area contributed by atoms with Crippen molar-refractivity contribution >= 4 is 11.6 Å². The Balaban J connectivity index is 1.43. The highest BCUT2D eigenvalue weighted by Crippen LogP contribution is 2.30. The average Bonchev–Trinajstić information content (AvgIpc) is 2.83. The Bertz CT molecular complexity index is 798. The minimum absolute atomic E-state index is 0.0417. The highest BCUT2D eigenvalue weighted by atomic mass is 16.5. The van der Waals surface area contributed by atoms with Gasteiger partial charge in [0.2, 0.25) is 0 Å². The third-order valence-electron chi connectivity index (χ3n) is 6.34. The molecule has 0 spiro atoms. The van der Waals surface area contributed by atoms with Gasteiger partial charge in [-0.2, -0.15) is 0 Å². The molecule has 1 N–H and O–H groups in total. The lowest BCUT2D eigenvalue weighted by atomic mass is 9.87. The second-order valence-corrected chi connectivity index (χ2v) is 8.16. The molecule has 6 heteroatoms. The van der Waals surface area contributed by atoms with Crippen LogP contribution < -0.4 is 10.2 Å². The second kappa shape index (κ2) is 10.0. The molecule has 1 amide bonds. The topological polar surface area (TPSA) is 63.7 Å². The van der Waals surface area contributed by atoms with E-state index in [1.54, 1.807) is 13.3 Å². The molecule has 1 unspecified atom stereocenters. The lowest BCUT2D eigenvalue weighted by Gasteiger charge is -2.33. The SMILES string of the molecule is COC1CCN(c2ccc(C(=O)NC(c3cccnc3)C3CCOCC3)cc2)CC1. The van der Waals surface area contributed by atoms with E-state index in [9.17, 15) is 4.79 Å². The molecule has 2 aliphatic heterocycles. The molecule has 30 heavy (non-hydrogen) atoms. The minimum atomic E-state index is -0.0529. The van der Waals surface area contributed by atoms with Gasteiger partial charge >= 0.3 is 0 Å². The Morgan fingerprint density at radius 3 is 2.50 bits per heavy atom. The van der Waals surface area contributed by atoms with Gasteiger partial charge in [0.05, 0.1) is 12.1 Å². The van der Waals surface area contributed by atoms with E-state index in [1.807, 2.05) is 30.5 Å². The summed E-state index contributed by atoms with van der Waals surface area (Å²) in [6.07, 6.45) is 7.94. The van der Waals surface area contributed by atoms with Crippen molar-refractivity contribution in [2.24, 2.45) is 5.92 Å². The summed E-state index contributed by atoms with van der Waals surface area (Å²) in [4.78, 5) is 19.7. The minimum Gasteiger partial charge on any atom is -0.381 e. The number of carbonyl (C=O) groups excluding carboxylic acids is 1. The quantitative estimate of drug-likeness (QED) is 0.790. The first-order valence-electron chi connectivity index (χ1n) is 10.9. The molecule has 1 aromatic heterocycles. The van der Waals surface area contributed by atoms with Gasteiger partial charge in [0.25, 0.3) is 5.91 Å². The van der Waals surface area contributed by atoms with Crippen LogP contribution in [0, 0.1) is 5.92 Å². The van der Waals surface area contributed by atoms with Crippen LogP contribution in [0.15, 0.2) is 48.8 Å². The van der Waals surface area contributed by atoms with Crippen molar-refractivity contribution in [3.63, 3.8) is 0 Å². The lowest BCUT2D eigenvalue weighted by molar-refractivity contribution is 0.0513. The number of benzene rings is 1. The first kappa shape index (κ1) is 20.8. The Labute approximate surface area is 178 Å². The van der Waals surface area contributed by atoms with Gasteiger partial charge in [-0.05, 0) is 67.5 Å². The second-order valence-electron chi connectivity index (χ2n) is 8.16. The highest BCUT2D eigenvalue weighted by Gasteiger charge is 2.27. The Morgan fingerprint density at radius 2 is 1.87 bits per heavy atom. The standard InChI is InChI=1S/C24H31N3O3/c1-29-22-8-13-27(14-9-22)21-6-4-19(5-7-21)24(28)26-23(18-10-15-30-16-11-18)20-3-2-12-25-17-20/h2-7,12,17-18,22-23H,8-11,13-16H2,1H3,(H,26,28). The van der Waals surface area contributed by atoms with Crippen LogP contribution in [0.25, 0.3) is 0 Å². The highest BCUT2D eigenvalue weighted by molar-refractivity contribution is 5.94. The number of rotatable bonds is 6. The first-order chi connectivity index (χ1) is 14.7. The van der Waals surface area contributed by atoms with Crippen molar-refractivity contribution in [2.45, 2.75) is 37.8 Å². The molecule has 2 aliphatic rings. The maximum absolute atomic E-state index is 13.0. The van der Waals surface area contributed by atoms with Crippen molar-refractivity contribution in [3.05, 3.63) is 59.9 Å². The summed E-state index contributed by atoms with van der Waals surface area (Å²) in [5.74, 6) is 0.313. The molecular formula is C24H31N3O3. The molecule has 2 saturated heterocycles. The maximum atomic E-state index is 13.0. The van der Waals surface area contributed by atoms with Gasteiger partial charge in [-0.1, -0.05) is 6.07 Å². The van der Waals surface area contributed by atoms with Gasteiger partial charge in [0, 0.05) is 57.1 Å². The van der Waals surface area contributed by atoms with Gasteiger partial charge < -0.3 is 19.7 Å². The van der Waals surface area contributed by atoms with Crippen LogP contribution in [0.5, 0.6) is 0 Å². The summed E-state index contributed by atoms with van der Waals surface area (Å²) in [7, 11) is 1.78. The summed E-state index contributed by atoms with van der Waals surface area (Å²) in [5, 5.41) is 3.27. The van der Waals surface area contributed by atoms with Gasteiger partial charge in [-0.25, -0.2) is 0 Å². The summed E-state index contributed by atoms with van der Waals surface area (Å²) in [6, 6.07) is 11.9. The predicted octanol–water partition coefficient (Wildman–Crippen LogP) is 3.59. The van der Waals surface area contributed by atoms with E-state index in [4.69, 9.17) is 9.47 Å². The number of methoxy groups -OCH3 is 1. The number of hydrogen-bond donors (Lipinski definition) is 1. The van der Waals surface area contributed by atoms with Crippen molar-refractivity contribution in [3.8, 4) is 0 Å². The van der Waals surface area contributed by atoms with Crippen LogP contribution in [0.4, 0.5) is 5.69 Å². The van der Waals surface area contributed by atoms with Gasteiger partial charge in [-0.3, -0.25) is 9.78 Å². The molecule has 6 nitrogen and oxygen atoms in total. The molecule has 2 aromatic rings. The molecule has 1 atom stereocenters. The molecule has 2 fully saturated rings. The summed E-state index contributed by atoms with van der Waals surface area (Å²) in [6.45, 7) is 3.45. The average molecular weight is 410 g/mol. The number of piperidine rings is 1. The van der Waals surface area contributed by atoms with Gasteiger partial charge in [0.1, 0.15) is 0 Å². The fraction of sp³-hybridized carbons (Fsp3) is 0.500. The zero-order valence-corrected chi connectivity index (χ0v) is 17.6. The summed E-state index contributed by atoms with van der Waals surface area (Å²) >= 11 is 0. The molecule has 0 saturated carbocycles. The number of carbonyl (C=O) groups is 1. The first-order valence-corrected chi connectivity index (χ1v) is 10.9. The number of nitrogens with zero attached hydrogens (tertiary/aromatic N) is 2. The summed E-state index contributed by atoms with van der Waals surface area (Å²) < 4.78 is 11.0. The number of nitrogens with one attached hydrogen (secondary N) is 1. The molecule has 3 heterocycles. The van der Waals surface area contributed by atoms with E-state index >= 15 is 0 Å². The number of anilines is 1. The molecule has 4 rings (SSSR count). The van der Waals surface area contributed by atoms with E-state index in [1.165, 1.54) is 0 Å². The van der Waals surface area contributed by atoms with E-state index in [0.717, 1.165) is 63.2 Å². The van der Waals surface area contributed by atoms with Crippen LogP contribution in [-0.2, 0) is 9.47 Å². The molecular weight excluding hydrogens is 378 g/mol. The van der Waals surface area contributed by atoms with Crippen LogP contribution >= 0.6 is 0 Å². The number of aromatic nitrogens is 1. The van der Waals surface area contributed by atoms with Crippen molar-refractivity contribution < 1.29 is 14.3 Å². The van der Waals surface area contributed by atoms with E-state index in [-0.39, 0.29) is 11.9 Å². The van der Waals surface area contributed by atoms with E-state index in [2.05, 4.69) is 27.3 Å². The van der Waals surface area contributed by atoms with Crippen LogP contribution in [0.2, 0.25) is 0 Å². The largest absolute Gasteiger partial charge is 0.381 e. The smallest absolute Gasteiger partial charge is 0.251 e. The molecule has 0 bridgehead atoms. The Hall–Kier alpha value is -2.44. The molecule has 0 aliphatic carbocycles. The Morgan fingerprint density at radius 1 is 1.13 bits per heavy atom. The number of ether oxygens (including phenoxy) is 2. The number of amides is 1. The molecule has 0 radical (unpaired) electrons. The van der Waals surface area contributed by atoms with Crippen LogP contribution in [-0.4, -0.2) is 50.4 Å². The number of pyridine rings is 1. The molecule has 1 aromatic carbocycles. The number of hydrogen-bond acceptors (Lipinski definition) is 5. The van der Waals surface area contributed by atoms with E-state index < -0.39 is 0 Å². The zero-order chi connectivity index (χ0) is 20.8. The summed E-state index contributed by atoms with van der Waals surface area (Å²) in [5.41, 5.74) is 2.90. The lowest BCUT2D eigenvalue weighted by Crippen LogP contribution is -2.37. The van der Waals surface area contributed by atoms with Crippen LogP contribution in [0.3, 0.4) is 0 Å². The normalized spacial score (nSPS) is 19.4. The Kier molecular flexibility index (Phi) is 6.97. The third-order valence-corrected chi connectivity index (χ3v) is 6.34. The van der Waals surface area contributed by atoms with Crippen molar-refractivity contribution in [1.82, 2.24) is 10.3 Å². The van der Waals surface area contributed by atoms with E-state index in [0.29, 0.717) is 17.6 Å². The predicted molar refractivity (Wildman–Crippen MR) is 117 cm³/mol. The van der Waals surface area contributed by atoms with Gasteiger partial charge in [0.15, 0.2) is 0 Å². The fourth-order valence-corrected chi connectivity index (χ4v) is 4.48.